The van der Waals surface area contributed by atoms with Crippen molar-refractivity contribution in [2.75, 3.05) is 19.6 Å². The molecule has 1 aliphatic heterocycles. The van der Waals surface area contributed by atoms with Crippen LogP contribution in [0, 0.1) is 5.92 Å². The first-order valence-corrected chi connectivity index (χ1v) is 13.4. The number of likely N-dealkylation sites (tertiary alicyclic amines) is 1. The van der Waals surface area contributed by atoms with Gasteiger partial charge in [0.2, 0.25) is 10.0 Å². The molecule has 0 amide bonds. The van der Waals surface area contributed by atoms with Gasteiger partial charge in [-0.05, 0) is 97.8 Å². The smallest absolute Gasteiger partial charge is 0.215 e. The van der Waals surface area contributed by atoms with E-state index in [9.17, 15) is 8.42 Å². The van der Waals surface area contributed by atoms with Crippen LogP contribution >= 0.6 is 11.6 Å². The Hall–Kier alpha value is -1.40. The minimum absolute atomic E-state index is 0.431. The van der Waals surface area contributed by atoms with E-state index in [1.807, 2.05) is 12.1 Å². The molecule has 4 nitrogen and oxygen atoms in total. The topological polar surface area (TPSA) is 63.4 Å². The van der Waals surface area contributed by atoms with Crippen LogP contribution in [0.2, 0.25) is 5.02 Å². The Kier molecular flexibility index (Phi) is 5.66. The summed E-state index contributed by atoms with van der Waals surface area (Å²) in [6.45, 7) is 3.55. The second kappa shape index (κ2) is 8.18. The highest BCUT2D eigenvalue weighted by molar-refractivity contribution is 7.90. The van der Waals surface area contributed by atoms with Gasteiger partial charge in [0.05, 0.1) is 4.75 Å². The molecule has 2 aromatic carbocycles. The van der Waals surface area contributed by atoms with Crippen LogP contribution in [0.4, 0.5) is 0 Å². The lowest BCUT2D eigenvalue weighted by atomic mass is 9.79. The number of rotatable bonds is 7. The predicted octanol–water partition coefficient (Wildman–Crippen LogP) is 4.30. The fourth-order valence-electron chi connectivity index (χ4n) is 5.75. The van der Waals surface area contributed by atoms with Gasteiger partial charge in [0.1, 0.15) is 0 Å². The first kappa shape index (κ1) is 21.4. The third kappa shape index (κ3) is 4.18. The Bertz CT molecular complexity index is 1080. The van der Waals surface area contributed by atoms with Crippen molar-refractivity contribution in [3.05, 3.63) is 69.7 Å². The van der Waals surface area contributed by atoms with Crippen molar-refractivity contribution in [2.24, 2.45) is 11.1 Å². The second-order valence-electron chi connectivity index (χ2n) is 9.85. The third-order valence-corrected chi connectivity index (χ3v) is 9.84. The summed E-state index contributed by atoms with van der Waals surface area (Å²) >= 11 is 6.27. The molecule has 2 fully saturated rings. The lowest BCUT2D eigenvalue weighted by Gasteiger charge is -2.39. The van der Waals surface area contributed by atoms with E-state index in [4.69, 9.17) is 16.7 Å². The van der Waals surface area contributed by atoms with Gasteiger partial charge >= 0.3 is 0 Å². The molecule has 3 aliphatic rings. The zero-order valence-electron chi connectivity index (χ0n) is 17.9. The van der Waals surface area contributed by atoms with Crippen LogP contribution in [0.5, 0.6) is 0 Å². The van der Waals surface area contributed by atoms with Crippen LogP contribution in [0.1, 0.15) is 53.9 Å². The lowest BCUT2D eigenvalue weighted by molar-refractivity contribution is 0.145. The van der Waals surface area contributed by atoms with Gasteiger partial charge in [-0.1, -0.05) is 48.4 Å². The predicted molar refractivity (Wildman–Crippen MR) is 126 cm³/mol. The van der Waals surface area contributed by atoms with E-state index >= 15 is 0 Å². The third-order valence-electron chi connectivity index (χ3n) is 7.84. The van der Waals surface area contributed by atoms with Crippen molar-refractivity contribution in [3.8, 4) is 0 Å². The van der Waals surface area contributed by atoms with Gasteiger partial charge in [-0.3, -0.25) is 0 Å². The Morgan fingerprint density at radius 1 is 1.06 bits per heavy atom. The first-order valence-electron chi connectivity index (χ1n) is 11.4. The second-order valence-corrected chi connectivity index (χ2v) is 12.2. The van der Waals surface area contributed by atoms with Crippen LogP contribution < -0.4 is 5.14 Å². The van der Waals surface area contributed by atoms with Crippen LogP contribution in [0.3, 0.4) is 0 Å². The summed E-state index contributed by atoms with van der Waals surface area (Å²) < 4.78 is 23.8. The van der Waals surface area contributed by atoms with Crippen molar-refractivity contribution in [3.63, 3.8) is 0 Å². The van der Waals surface area contributed by atoms with E-state index in [1.165, 1.54) is 36.2 Å². The molecule has 1 saturated heterocycles. The average Bonchev–Trinajstić information content (AvgIpc) is 2.97. The van der Waals surface area contributed by atoms with Crippen molar-refractivity contribution in [1.29, 1.82) is 0 Å². The number of hydrogen-bond donors (Lipinski definition) is 1. The highest BCUT2D eigenvalue weighted by Gasteiger charge is 2.47. The monoisotopic (exact) mass is 458 g/mol. The molecule has 166 valence electrons. The number of halogens is 1. The molecule has 6 heteroatoms. The fraction of sp³-hybridized carbons (Fsp3) is 0.520. The van der Waals surface area contributed by atoms with E-state index in [2.05, 4.69) is 35.2 Å². The molecule has 31 heavy (non-hydrogen) atoms. The zero-order valence-corrected chi connectivity index (χ0v) is 19.5. The summed E-state index contributed by atoms with van der Waals surface area (Å²) in [5.41, 5.74) is 5.18. The summed E-state index contributed by atoms with van der Waals surface area (Å²) in [6.07, 6.45) is 6.18. The number of primary sulfonamides is 1. The number of benzene rings is 2. The van der Waals surface area contributed by atoms with E-state index in [0.29, 0.717) is 31.1 Å². The molecule has 0 radical (unpaired) electrons. The molecule has 2 atom stereocenters. The minimum atomic E-state index is -3.55. The highest BCUT2D eigenvalue weighted by atomic mass is 35.5. The van der Waals surface area contributed by atoms with Crippen molar-refractivity contribution in [1.82, 2.24) is 4.90 Å². The summed E-state index contributed by atoms with van der Waals surface area (Å²) in [5, 5.41) is 6.41. The fourth-order valence-corrected chi connectivity index (χ4v) is 7.19. The SMILES string of the molecule is NS(=O)(=O)C1(Cc2ccc3c(c2)C(Cc2cccc(Cl)c2)C(CN2CCC2)C3)CCC1. The van der Waals surface area contributed by atoms with Crippen molar-refractivity contribution < 1.29 is 8.42 Å². The van der Waals surface area contributed by atoms with Gasteiger partial charge in [0, 0.05) is 11.6 Å². The highest BCUT2D eigenvalue weighted by Crippen LogP contribution is 2.44. The number of sulfonamides is 1. The molecule has 0 spiro atoms. The van der Waals surface area contributed by atoms with Gasteiger partial charge in [0.25, 0.3) is 0 Å². The molecule has 2 N–H and O–H groups in total. The van der Waals surface area contributed by atoms with E-state index in [-0.39, 0.29) is 0 Å². The molecule has 1 heterocycles. The normalized spacial score (nSPS) is 25.0. The largest absolute Gasteiger partial charge is 0.303 e. The molecular weight excluding hydrogens is 428 g/mol. The zero-order chi connectivity index (χ0) is 21.6. The maximum atomic E-state index is 12.3. The van der Waals surface area contributed by atoms with E-state index in [1.54, 1.807) is 0 Å². The van der Waals surface area contributed by atoms with Crippen LogP contribution in [0.15, 0.2) is 42.5 Å². The van der Waals surface area contributed by atoms with Gasteiger partial charge < -0.3 is 4.90 Å². The van der Waals surface area contributed by atoms with Gasteiger partial charge in [-0.2, -0.15) is 0 Å². The first-order chi connectivity index (χ1) is 14.8. The van der Waals surface area contributed by atoms with Crippen molar-refractivity contribution in [2.45, 2.75) is 55.6 Å². The standard InChI is InChI=1S/C25H31ClN2O2S/c26-22-5-1-4-18(12-22)13-24-21(17-28-10-3-11-28)15-20-7-6-19(14-23(20)24)16-25(8-2-9-25)31(27,29)30/h1,4-7,12,14,21,24H,2-3,8-11,13,15-17H2,(H2,27,29,30). The van der Waals surface area contributed by atoms with Crippen LogP contribution in [-0.2, 0) is 29.3 Å². The van der Waals surface area contributed by atoms with Gasteiger partial charge in [-0.15, -0.1) is 0 Å². The maximum Gasteiger partial charge on any atom is 0.215 e. The van der Waals surface area contributed by atoms with Crippen LogP contribution in [-0.4, -0.2) is 37.7 Å². The van der Waals surface area contributed by atoms with Crippen molar-refractivity contribution >= 4 is 21.6 Å². The summed E-state index contributed by atoms with van der Waals surface area (Å²) in [4.78, 5) is 2.56. The molecule has 2 aromatic rings. The number of hydrogen-bond acceptors (Lipinski definition) is 3. The molecule has 0 aromatic heterocycles. The molecule has 5 rings (SSSR count). The van der Waals surface area contributed by atoms with Crippen LogP contribution in [0.25, 0.3) is 0 Å². The number of fused-ring (bicyclic) bond motifs is 1. The Morgan fingerprint density at radius 2 is 1.87 bits per heavy atom. The Labute approximate surface area is 190 Å². The number of nitrogens with two attached hydrogens (primary N) is 1. The Morgan fingerprint density at radius 3 is 2.48 bits per heavy atom. The molecule has 0 bridgehead atoms. The molecule has 1 saturated carbocycles. The van der Waals surface area contributed by atoms with Gasteiger partial charge in [-0.25, -0.2) is 13.6 Å². The maximum absolute atomic E-state index is 12.3. The lowest BCUT2D eigenvalue weighted by Crippen LogP contribution is -2.50. The quantitative estimate of drug-likeness (QED) is 0.672. The summed E-state index contributed by atoms with van der Waals surface area (Å²) in [5.74, 6) is 1.02. The van der Waals surface area contributed by atoms with E-state index < -0.39 is 14.8 Å². The number of nitrogens with zero attached hydrogens (tertiary/aromatic N) is 1. The summed E-state index contributed by atoms with van der Waals surface area (Å²) in [7, 11) is -3.55. The molecule has 2 aliphatic carbocycles. The van der Waals surface area contributed by atoms with Gasteiger partial charge in [0.15, 0.2) is 0 Å². The molecule has 2 unspecified atom stereocenters. The Balaban J connectivity index is 1.44. The molecular formula is C25H31ClN2O2S. The minimum Gasteiger partial charge on any atom is -0.303 e. The average molecular weight is 459 g/mol. The van der Waals surface area contributed by atoms with E-state index in [0.717, 1.165) is 36.4 Å². The summed E-state index contributed by atoms with van der Waals surface area (Å²) in [6, 6.07) is 14.8.